The monoisotopic (exact) mass is 711 g/mol. The molecule has 2 fully saturated rings. The van der Waals surface area contributed by atoms with E-state index >= 15 is 0 Å². The third kappa shape index (κ3) is 6.90. The van der Waals surface area contributed by atoms with Crippen molar-refractivity contribution in [1.82, 2.24) is 9.62 Å². The molecule has 2 bridgehead atoms. The standard InChI is InChI=1S/C37H46ClN3O7S/c1-24-5-3-7-33(46-17-15-40-16-18-47-36(40)43)30-11-8-28(30)21-41-22-37(14-4-6-26-19-29(38)10-12-31(26)37)23-48-34-13-9-27(20-32(34)41)35(42)39-49(44,45)25(24)2/h3,7,9-10,12-13,19-20,24-25,28,30,33H,4-6,8,11,14-18,21-23H2,1-2H3,(H,39,42)/b7-3-/t24-,25+,28-,30+,33-,37-/m0/s1. The number of benzene rings is 2. The SMILES string of the molecule is C[C@@H]1[C@@H](C)C/C=C\[C@H](OCCN2CCOC2=O)[C@@H]2CC[C@H]2CN2C[C@@]3(CCCc4cc(Cl)ccc43)COc3ccc(cc32)C(=O)NS1(=O)=O. The molecule has 1 N–H and O–H groups in total. The van der Waals surface area contributed by atoms with Crippen LogP contribution in [0.4, 0.5) is 10.5 Å². The first-order valence-corrected chi connectivity index (χ1v) is 19.5. The number of cyclic esters (lactones) is 1. The number of allylic oxidation sites excluding steroid dienone is 1. The maximum absolute atomic E-state index is 13.5. The average Bonchev–Trinajstić information content (AvgIpc) is 3.40. The van der Waals surface area contributed by atoms with Crippen molar-refractivity contribution in [3.8, 4) is 5.75 Å². The van der Waals surface area contributed by atoms with E-state index in [1.54, 1.807) is 30.0 Å². The van der Waals surface area contributed by atoms with E-state index in [1.807, 2.05) is 19.1 Å². The second-order valence-corrected chi connectivity index (χ2v) is 17.0. The number of aryl methyl sites for hydroxylation is 1. The van der Waals surface area contributed by atoms with Gasteiger partial charge in [-0.15, -0.1) is 0 Å². The summed E-state index contributed by atoms with van der Waals surface area (Å²) in [5.41, 5.74) is 3.29. The fourth-order valence-electron chi connectivity index (χ4n) is 8.25. The topological polar surface area (TPSA) is 114 Å². The number of carbonyl (C=O) groups excluding carboxylic acids is 2. The van der Waals surface area contributed by atoms with Crippen LogP contribution in [0, 0.1) is 17.8 Å². The smallest absolute Gasteiger partial charge is 0.410 e. The first kappa shape index (κ1) is 34.2. The van der Waals surface area contributed by atoms with Crippen LogP contribution < -0.4 is 14.4 Å². The van der Waals surface area contributed by atoms with E-state index in [2.05, 4.69) is 27.8 Å². The summed E-state index contributed by atoms with van der Waals surface area (Å²) in [6.45, 7) is 7.23. The molecule has 5 aliphatic rings. The molecule has 2 amide bonds. The molecule has 1 spiro atoms. The Balaban J connectivity index is 1.24. The van der Waals surface area contributed by atoms with Gasteiger partial charge < -0.3 is 24.0 Å². The van der Waals surface area contributed by atoms with Crippen LogP contribution >= 0.6 is 11.6 Å². The van der Waals surface area contributed by atoms with Crippen LogP contribution in [0.3, 0.4) is 0 Å². The minimum atomic E-state index is -3.96. The summed E-state index contributed by atoms with van der Waals surface area (Å²) in [5, 5.41) is -0.0719. The molecule has 2 aromatic carbocycles. The number of hydrogen-bond donors (Lipinski definition) is 1. The van der Waals surface area contributed by atoms with Crippen LogP contribution in [-0.4, -0.2) is 82.7 Å². The number of ether oxygens (including phenoxy) is 3. The van der Waals surface area contributed by atoms with Crippen molar-refractivity contribution in [3.05, 3.63) is 70.3 Å². The van der Waals surface area contributed by atoms with E-state index in [-0.39, 0.29) is 35.0 Å². The highest BCUT2D eigenvalue weighted by Gasteiger charge is 2.45. The van der Waals surface area contributed by atoms with Crippen molar-refractivity contribution in [1.29, 1.82) is 0 Å². The van der Waals surface area contributed by atoms with E-state index in [9.17, 15) is 18.0 Å². The van der Waals surface area contributed by atoms with E-state index in [4.69, 9.17) is 25.8 Å². The maximum atomic E-state index is 13.5. The number of nitrogens with zero attached hydrogens (tertiary/aromatic N) is 2. The zero-order valence-electron chi connectivity index (χ0n) is 28.2. The molecule has 2 aromatic rings. The first-order valence-electron chi connectivity index (χ1n) is 17.6. The number of nitrogens with one attached hydrogen (secondary N) is 1. The van der Waals surface area contributed by atoms with Gasteiger partial charge in [0.25, 0.3) is 5.91 Å². The Morgan fingerprint density at radius 1 is 1.10 bits per heavy atom. The van der Waals surface area contributed by atoms with E-state index in [0.29, 0.717) is 57.5 Å². The molecule has 3 aliphatic heterocycles. The third-order valence-corrected chi connectivity index (χ3v) is 13.7. The summed E-state index contributed by atoms with van der Waals surface area (Å²) in [6, 6.07) is 11.4. The van der Waals surface area contributed by atoms with Gasteiger partial charge in [0.2, 0.25) is 10.0 Å². The van der Waals surface area contributed by atoms with Gasteiger partial charge in [0.1, 0.15) is 12.4 Å². The predicted octanol–water partition coefficient (Wildman–Crippen LogP) is 5.72. The van der Waals surface area contributed by atoms with Crippen molar-refractivity contribution in [3.63, 3.8) is 0 Å². The summed E-state index contributed by atoms with van der Waals surface area (Å²) in [4.78, 5) is 29.6. The molecule has 0 aromatic heterocycles. The van der Waals surface area contributed by atoms with Gasteiger partial charge in [-0.1, -0.05) is 36.7 Å². The fraction of sp³-hybridized carbons (Fsp3) is 0.568. The molecule has 0 unspecified atom stereocenters. The third-order valence-electron chi connectivity index (χ3n) is 11.5. The number of rotatable bonds is 4. The summed E-state index contributed by atoms with van der Waals surface area (Å²) in [7, 11) is -3.96. The molecule has 49 heavy (non-hydrogen) atoms. The van der Waals surface area contributed by atoms with E-state index < -0.39 is 21.2 Å². The molecule has 1 saturated carbocycles. The number of halogens is 1. The first-order chi connectivity index (χ1) is 23.5. The summed E-state index contributed by atoms with van der Waals surface area (Å²) >= 11 is 6.44. The Morgan fingerprint density at radius 2 is 1.96 bits per heavy atom. The molecule has 3 heterocycles. The van der Waals surface area contributed by atoms with Crippen molar-refractivity contribution >= 4 is 39.3 Å². The van der Waals surface area contributed by atoms with Crippen LogP contribution in [-0.2, 0) is 31.3 Å². The number of fused-ring (bicyclic) bond motifs is 4. The van der Waals surface area contributed by atoms with Crippen LogP contribution in [0.25, 0.3) is 0 Å². The average molecular weight is 712 g/mol. The lowest BCUT2D eigenvalue weighted by atomic mass is 9.68. The molecule has 2 aliphatic carbocycles. The molecular formula is C37H46ClN3O7S. The molecule has 6 atom stereocenters. The Hall–Kier alpha value is -3.28. The largest absolute Gasteiger partial charge is 0.490 e. The van der Waals surface area contributed by atoms with Gasteiger partial charge in [-0.3, -0.25) is 4.79 Å². The summed E-state index contributed by atoms with van der Waals surface area (Å²) in [5.74, 6) is 0.343. The number of amides is 2. The number of anilines is 1. The van der Waals surface area contributed by atoms with Gasteiger partial charge in [-0.05, 0) is 105 Å². The lowest BCUT2D eigenvalue weighted by Gasteiger charge is -2.46. The zero-order chi connectivity index (χ0) is 34.3. The van der Waals surface area contributed by atoms with Gasteiger partial charge in [0.15, 0.2) is 0 Å². The van der Waals surface area contributed by atoms with Crippen LogP contribution in [0.1, 0.15) is 67.4 Å². The second-order valence-electron chi connectivity index (χ2n) is 14.5. The molecular weight excluding hydrogens is 666 g/mol. The summed E-state index contributed by atoms with van der Waals surface area (Å²) in [6.07, 6.45) is 9.09. The van der Waals surface area contributed by atoms with Crippen molar-refractivity contribution in [2.75, 3.05) is 50.9 Å². The van der Waals surface area contributed by atoms with Crippen molar-refractivity contribution in [2.24, 2.45) is 17.8 Å². The van der Waals surface area contributed by atoms with Gasteiger partial charge in [-0.2, -0.15) is 0 Å². The Bertz CT molecular complexity index is 1730. The Morgan fingerprint density at radius 3 is 2.73 bits per heavy atom. The highest BCUT2D eigenvalue weighted by Crippen LogP contribution is 2.47. The zero-order valence-corrected chi connectivity index (χ0v) is 29.8. The van der Waals surface area contributed by atoms with Crippen molar-refractivity contribution < 1.29 is 32.2 Å². The maximum Gasteiger partial charge on any atom is 0.410 e. The van der Waals surface area contributed by atoms with Gasteiger partial charge in [0.05, 0.1) is 36.8 Å². The molecule has 12 heteroatoms. The number of hydrogen-bond acceptors (Lipinski definition) is 8. The Kier molecular flexibility index (Phi) is 9.62. The molecule has 0 radical (unpaired) electrons. The van der Waals surface area contributed by atoms with Crippen LogP contribution in [0.15, 0.2) is 48.6 Å². The van der Waals surface area contributed by atoms with Crippen LogP contribution in [0.5, 0.6) is 5.75 Å². The lowest BCUT2D eigenvalue weighted by molar-refractivity contribution is -0.0178. The normalized spacial score (nSPS) is 31.8. The number of carbonyl (C=O) groups is 2. The summed E-state index contributed by atoms with van der Waals surface area (Å²) < 4.78 is 47.4. The predicted molar refractivity (Wildman–Crippen MR) is 188 cm³/mol. The molecule has 264 valence electrons. The van der Waals surface area contributed by atoms with Gasteiger partial charge >= 0.3 is 6.09 Å². The van der Waals surface area contributed by atoms with Gasteiger partial charge in [0, 0.05) is 35.6 Å². The highest BCUT2D eigenvalue weighted by atomic mass is 35.5. The Labute approximate surface area is 294 Å². The molecule has 1 saturated heterocycles. The quantitative estimate of drug-likeness (QED) is 0.401. The van der Waals surface area contributed by atoms with Crippen molar-refractivity contribution in [2.45, 2.75) is 69.1 Å². The molecule has 10 nitrogen and oxygen atoms in total. The minimum Gasteiger partial charge on any atom is -0.490 e. The van der Waals surface area contributed by atoms with E-state index in [1.165, 1.54) is 11.1 Å². The molecule has 7 rings (SSSR count). The minimum absolute atomic E-state index is 0.190. The highest BCUT2D eigenvalue weighted by molar-refractivity contribution is 7.90. The number of sulfonamides is 1. The second kappa shape index (κ2) is 13.8. The van der Waals surface area contributed by atoms with Gasteiger partial charge in [-0.25, -0.2) is 17.9 Å². The van der Waals surface area contributed by atoms with Crippen LogP contribution in [0.2, 0.25) is 5.02 Å². The van der Waals surface area contributed by atoms with E-state index in [0.717, 1.165) is 49.4 Å². The lowest BCUT2D eigenvalue weighted by Crippen LogP contribution is -2.50. The fourth-order valence-corrected chi connectivity index (χ4v) is 9.73.